The molecule has 4 N–H and O–H groups in total. The van der Waals surface area contributed by atoms with Gasteiger partial charge >= 0.3 is 11.8 Å². The third kappa shape index (κ3) is 6.79. The lowest BCUT2D eigenvalue weighted by Gasteiger charge is -2.13. The van der Waals surface area contributed by atoms with Crippen LogP contribution in [0.1, 0.15) is 18.2 Å². The third-order valence-electron chi connectivity index (χ3n) is 3.49. The quantitative estimate of drug-likeness (QED) is 0.323. The largest absolute Gasteiger partial charge is 0.467 e. The fraction of sp³-hybridized carbons (Fsp3) is 0.158. The fourth-order valence-electron chi connectivity index (χ4n) is 2.01. The summed E-state index contributed by atoms with van der Waals surface area (Å²) < 4.78 is 5.02. The molecule has 2 rings (SSSR count). The van der Waals surface area contributed by atoms with E-state index in [1.807, 2.05) is 35.8 Å². The molecular formula is C19H20N4O5. The van der Waals surface area contributed by atoms with Gasteiger partial charge in [0, 0.05) is 6.08 Å². The number of furan rings is 1. The SMILES string of the molecule is C[C@H](NC(=O)/C=C/c1ccccc1)C(=O)NNC(=O)C(=O)NCc1ccco1. The summed E-state index contributed by atoms with van der Waals surface area (Å²) in [4.78, 5) is 47.0. The van der Waals surface area contributed by atoms with Crippen LogP contribution in [0.4, 0.5) is 0 Å². The van der Waals surface area contributed by atoms with Gasteiger partial charge in [0.25, 0.3) is 5.91 Å². The Labute approximate surface area is 161 Å². The highest BCUT2D eigenvalue weighted by Crippen LogP contribution is 2.00. The zero-order valence-corrected chi connectivity index (χ0v) is 15.1. The minimum absolute atomic E-state index is 0.0351. The molecule has 9 nitrogen and oxygen atoms in total. The Morgan fingerprint density at radius 3 is 2.43 bits per heavy atom. The minimum atomic E-state index is -1.05. The number of amides is 4. The van der Waals surface area contributed by atoms with Crippen molar-refractivity contribution < 1.29 is 23.6 Å². The normalized spacial score (nSPS) is 11.5. The summed E-state index contributed by atoms with van der Waals surface area (Å²) in [6.45, 7) is 1.47. The standard InChI is InChI=1S/C19H20N4O5/c1-13(21-16(24)10-9-14-6-3-2-4-7-14)17(25)22-23-19(27)18(26)20-12-15-8-5-11-28-15/h2-11,13H,12H2,1H3,(H,20,26)(H,21,24)(H,22,25)(H,23,27)/b10-9+/t13-/m0/s1. The van der Waals surface area contributed by atoms with Gasteiger partial charge in [-0.1, -0.05) is 30.3 Å². The molecule has 0 aliphatic rings. The van der Waals surface area contributed by atoms with Crippen molar-refractivity contribution in [3.8, 4) is 0 Å². The molecule has 0 aliphatic carbocycles. The first-order valence-electron chi connectivity index (χ1n) is 8.39. The van der Waals surface area contributed by atoms with Crippen LogP contribution in [0.25, 0.3) is 6.08 Å². The second-order valence-electron chi connectivity index (χ2n) is 5.68. The van der Waals surface area contributed by atoms with E-state index in [2.05, 4.69) is 16.1 Å². The Bertz CT molecular complexity index is 846. The molecule has 146 valence electrons. The first-order chi connectivity index (χ1) is 13.5. The van der Waals surface area contributed by atoms with E-state index >= 15 is 0 Å². The number of carbonyl (C=O) groups excluding carboxylic acids is 4. The first kappa shape index (κ1) is 20.4. The number of rotatable bonds is 6. The molecule has 0 bridgehead atoms. The zero-order chi connectivity index (χ0) is 20.4. The summed E-state index contributed by atoms with van der Waals surface area (Å²) in [5, 5.41) is 4.77. The van der Waals surface area contributed by atoms with Gasteiger partial charge in [0.1, 0.15) is 11.8 Å². The molecule has 0 radical (unpaired) electrons. The highest BCUT2D eigenvalue weighted by molar-refractivity contribution is 6.35. The van der Waals surface area contributed by atoms with E-state index in [1.54, 1.807) is 18.2 Å². The molecule has 4 amide bonds. The lowest BCUT2D eigenvalue weighted by molar-refractivity contribution is -0.141. The maximum absolute atomic E-state index is 11.9. The van der Waals surface area contributed by atoms with E-state index in [-0.39, 0.29) is 6.54 Å². The molecule has 1 aromatic heterocycles. The fourth-order valence-corrected chi connectivity index (χ4v) is 2.01. The van der Waals surface area contributed by atoms with Gasteiger partial charge in [-0.2, -0.15) is 0 Å². The Morgan fingerprint density at radius 2 is 1.75 bits per heavy atom. The number of hydrazine groups is 1. The van der Waals surface area contributed by atoms with Crippen molar-refractivity contribution in [1.29, 1.82) is 0 Å². The molecule has 0 aliphatic heterocycles. The average molecular weight is 384 g/mol. The molecule has 9 heteroatoms. The molecule has 1 heterocycles. The number of nitrogens with one attached hydrogen (secondary N) is 4. The van der Waals surface area contributed by atoms with Gasteiger partial charge in [0.2, 0.25) is 5.91 Å². The van der Waals surface area contributed by atoms with E-state index in [0.717, 1.165) is 5.56 Å². The monoisotopic (exact) mass is 384 g/mol. The zero-order valence-electron chi connectivity index (χ0n) is 15.1. The molecule has 0 spiro atoms. The van der Waals surface area contributed by atoms with Gasteiger partial charge in [-0.25, -0.2) is 0 Å². The predicted octanol–water partition coefficient (Wildman–Crippen LogP) is 0.261. The van der Waals surface area contributed by atoms with Crippen molar-refractivity contribution in [3.05, 3.63) is 66.1 Å². The van der Waals surface area contributed by atoms with Gasteiger partial charge in [0.05, 0.1) is 12.8 Å². The maximum Gasteiger partial charge on any atom is 0.327 e. The minimum Gasteiger partial charge on any atom is -0.467 e. The van der Waals surface area contributed by atoms with E-state index < -0.39 is 29.7 Å². The molecule has 0 saturated heterocycles. The van der Waals surface area contributed by atoms with Gasteiger partial charge in [-0.05, 0) is 30.7 Å². The molecule has 0 fully saturated rings. The highest BCUT2D eigenvalue weighted by Gasteiger charge is 2.18. The van der Waals surface area contributed by atoms with Crippen molar-refractivity contribution in [2.24, 2.45) is 0 Å². The van der Waals surface area contributed by atoms with Crippen molar-refractivity contribution in [1.82, 2.24) is 21.5 Å². The number of hydrogen-bond acceptors (Lipinski definition) is 5. The predicted molar refractivity (Wildman–Crippen MR) is 99.9 cm³/mol. The Balaban J connectivity index is 1.70. The van der Waals surface area contributed by atoms with Crippen molar-refractivity contribution >= 4 is 29.7 Å². The summed E-state index contributed by atoms with van der Waals surface area (Å²) in [5.41, 5.74) is 4.88. The van der Waals surface area contributed by atoms with Crippen LogP contribution in [0.2, 0.25) is 0 Å². The second kappa shape index (κ2) is 10.3. The first-order valence-corrected chi connectivity index (χ1v) is 8.39. The highest BCUT2D eigenvalue weighted by atomic mass is 16.3. The molecule has 1 atom stereocenters. The van der Waals surface area contributed by atoms with Crippen LogP contribution in [0, 0.1) is 0 Å². The van der Waals surface area contributed by atoms with Crippen LogP contribution in [0.5, 0.6) is 0 Å². The summed E-state index contributed by atoms with van der Waals surface area (Å²) in [7, 11) is 0. The van der Waals surface area contributed by atoms with E-state index in [4.69, 9.17) is 4.42 Å². The number of hydrogen-bond donors (Lipinski definition) is 4. The Morgan fingerprint density at radius 1 is 1.00 bits per heavy atom. The van der Waals surface area contributed by atoms with Gasteiger partial charge in [-0.3, -0.25) is 30.0 Å². The molecule has 2 aromatic rings. The smallest absolute Gasteiger partial charge is 0.327 e. The van der Waals surface area contributed by atoms with Gasteiger partial charge in [0.15, 0.2) is 0 Å². The van der Waals surface area contributed by atoms with E-state index in [9.17, 15) is 19.2 Å². The molecule has 0 saturated carbocycles. The van der Waals surface area contributed by atoms with Crippen LogP contribution >= 0.6 is 0 Å². The van der Waals surface area contributed by atoms with E-state index in [1.165, 1.54) is 19.3 Å². The van der Waals surface area contributed by atoms with Gasteiger partial charge in [-0.15, -0.1) is 0 Å². The summed E-state index contributed by atoms with van der Waals surface area (Å²) >= 11 is 0. The number of benzene rings is 1. The Hall–Kier alpha value is -3.88. The van der Waals surface area contributed by atoms with Crippen LogP contribution in [0.15, 0.2) is 59.2 Å². The second-order valence-corrected chi connectivity index (χ2v) is 5.68. The molecular weight excluding hydrogens is 364 g/mol. The summed E-state index contributed by atoms with van der Waals surface area (Å²) in [5.74, 6) is -2.69. The third-order valence-corrected chi connectivity index (χ3v) is 3.49. The van der Waals surface area contributed by atoms with Crippen molar-refractivity contribution in [3.63, 3.8) is 0 Å². The van der Waals surface area contributed by atoms with Crippen LogP contribution in [-0.4, -0.2) is 29.7 Å². The number of carbonyl (C=O) groups is 4. The van der Waals surface area contributed by atoms with Crippen molar-refractivity contribution in [2.75, 3.05) is 0 Å². The summed E-state index contributed by atoms with van der Waals surface area (Å²) in [6, 6.07) is 11.5. The average Bonchev–Trinajstić information content (AvgIpc) is 3.22. The molecule has 1 aromatic carbocycles. The lowest BCUT2D eigenvalue weighted by atomic mass is 10.2. The lowest BCUT2D eigenvalue weighted by Crippen LogP contribution is -2.53. The maximum atomic E-state index is 11.9. The topological polar surface area (TPSA) is 130 Å². The summed E-state index contributed by atoms with van der Waals surface area (Å²) in [6.07, 6.45) is 4.33. The van der Waals surface area contributed by atoms with Crippen LogP contribution < -0.4 is 21.5 Å². The van der Waals surface area contributed by atoms with E-state index in [0.29, 0.717) is 5.76 Å². The van der Waals surface area contributed by atoms with Crippen molar-refractivity contribution in [2.45, 2.75) is 19.5 Å². The Kier molecular flexibility index (Phi) is 7.53. The molecule has 28 heavy (non-hydrogen) atoms. The molecule has 0 unspecified atom stereocenters. The van der Waals surface area contributed by atoms with Crippen LogP contribution in [-0.2, 0) is 25.7 Å². The van der Waals surface area contributed by atoms with Gasteiger partial charge < -0.3 is 15.1 Å². The van der Waals surface area contributed by atoms with Crippen LogP contribution in [0.3, 0.4) is 0 Å².